The lowest BCUT2D eigenvalue weighted by Crippen LogP contribution is -2.69. The largest absolute Gasteiger partial charge is 0.465 e. The van der Waals surface area contributed by atoms with Gasteiger partial charge in [0, 0.05) is 39.9 Å². The van der Waals surface area contributed by atoms with Crippen molar-refractivity contribution < 1.29 is 63.1 Å². The fraction of sp³-hybridized carbons (Fsp3) is 0.702. The molecule has 60 heavy (non-hydrogen) atoms. The van der Waals surface area contributed by atoms with Gasteiger partial charge in [0.15, 0.2) is 29.6 Å². The standard InChI is InChI=1S/C47H59FO12/c1-41-16-11-28(49)21-26(41)5-7-30-31-13-18-46(58,43(31,3)23-34(51)40(30)41)37(54)25-60-39(56)10-9-38(55)59-20-15-35(52)45(57)19-14-32-33-8-6-27-22-29(50)12-17-42(27,2)47(33,48)36(53)24-44(32,45)4/h11-12,16-17,21-22,30-34,36,40,51,53,57-58H,5-10,13-15,18-20,23-25H2,1-4H3/t30-,31-,32+,33+,34-,36+,40+,41-,42+,43-,44+,45+,46-,47+/m0/s1. The van der Waals surface area contributed by atoms with E-state index in [9.17, 15) is 49.2 Å². The van der Waals surface area contributed by atoms with E-state index in [1.54, 1.807) is 32.1 Å². The minimum absolute atomic E-state index is 0.0120. The molecule has 0 amide bonds. The first-order valence-electron chi connectivity index (χ1n) is 21.9. The molecule has 6 saturated carbocycles. The quantitative estimate of drug-likeness (QED) is 0.225. The Balaban J connectivity index is 0.813. The number of aliphatic hydroxyl groups excluding tert-OH is 2. The van der Waals surface area contributed by atoms with Crippen molar-refractivity contribution in [1.82, 2.24) is 0 Å². The van der Waals surface area contributed by atoms with Crippen molar-refractivity contribution in [2.75, 3.05) is 13.2 Å². The summed E-state index contributed by atoms with van der Waals surface area (Å²) in [4.78, 5) is 76.9. The fourth-order valence-electron chi connectivity index (χ4n) is 14.5. The third-order valence-electron chi connectivity index (χ3n) is 17.9. The van der Waals surface area contributed by atoms with Crippen LogP contribution in [-0.4, -0.2) is 97.8 Å². The first kappa shape index (κ1) is 43.0. The van der Waals surface area contributed by atoms with E-state index in [0.29, 0.717) is 37.7 Å². The molecule has 0 radical (unpaired) electrons. The Morgan fingerprint density at radius 2 is 1.30 bits per heavy atom. The zero-order valence-electron chi connectivity index (χ0n) is 35.0. The number of carbonyl (C=O) groups is 6. The molecule has 0 unspecified atom stereocenters. The van der Waals surface area contributed by atoms with Crippen LogP contribution in [0.1, 0.15) is 111 Å². The van der Waals surface area contributed by atoms with E-state index in [2.05, 4.69) is 0 Å². The maximum absolute atomic E-state index is 17.4. The number of alkyl halides is 1. The summed E-state index contributed by atoms with van der Waals surface area (Å²) in [5, 5.41) is 47.0. The molecule has 0 bridgehead atoms. The number of ether oxygens (including phenoxy) is 2. The van der Waals surface area contributed by atoms with Gasteiger partial charge in [-0.1, -0.05) is 44.1 Å². The lowest BCUT2D eigenvalue weighted by molar-refractivity contribution is -0.216. The molecule has 12 nitrogen and oxygen atoms in total. The lowest BCUT2D eigenvalue weighted by Gasteiger charge is -2.62. The van der Waals surface area contributed by atoms with Crippen LogP contribution < -0.4 is 0 Å². The first-order chi connectivity index (χ1) is 28.1. The van der Waals surface area contributed by atoms with Crippen molar-refractivity contribution in [2.45, 2.75) is 140 Å². The van der Waals surface area contributed by atoms with Crippen molar-refractivity contribution >= 4 is 35.1 Å². The van der Waals surface area contributed by atoms with Crippen LogP contribution in [0.5, 0.6) is 0 Å². The molecule has 14 atom stereocenters. The highest BCUT2D eigenvalue weighted by atomic mass is 19.1. The number of hydrogen-bond donors (Lipinski definition) is 4. The third-order valence-corrected chi connectivity index (χ3v) is 17.9. The molecule has 8 aliphatic rings. The summed E-state index contributed by atoms with van der Waals surface area (Å²) < 4.78 is 27.9. The summed E-state index contributed by atoms with van der Waals surface area (Å²) in [6.07, 6.45) is 9.37. The normalized spacial score (nSPS) is 46.1. The average molecular weight is 835 g/mol. The number of aliphatic hydroxyl groups is 4. The van der Waals surface area contributed by atoms with Gasteiger partial charge in [-0.05, 0) is 113 Å². The topological polar surface area (TPSA) is 202 Å². The van der Waals surface area contributed by atoms with Crippen LogP contribution in [0.2, 0.25) is 0 Å². The van der Waals surface area contributed by atoms with Gasteiger partial charge >= 0.3 is 11.9 Å². The highest BCUT2D eigenvalue weighted by molar-refractivity contribution is 6.02. The second-order valence-electron chi connectivity index (χ2n) is 20.3. The molecule has 0 aromatic carbocycles. The van der Waals surface area contributed by atoms with Crippen LogP contribution in [0.4, 0.5) is 4.39 Å². The number of carbonyl (C=O) groups excluding carboxylic acids is 6. The van der Waals surface area contributed by atoms with Crippen molar-refractivity contribution in [3.8, 4) is 0 Å². The number of rotatable bonds is 10. The summed E-state index contributed by atoms with van der Waals surface area (Å²) in [6.45, 7) is 6.24. The van der Waals surface area contributed by atoms with Gasteiger partial charge in [-0.25, -0.2) is 4.39 Å². The highest BCUT2D eigenvalue weighted by Crippen LogP contribution is 2.70. The molecule has 8 aliphatic carbocycles. The van der Waals surface area contributed by atoms with E-state index >= 15 is 4.39 Å². The Kier molecular flexibility index (Phi) is 10.4. The molecule has 4 N–H and O–H groups in total. The van der Waals surface area contributed by atoms with Gasteiger partial charge in [-0.2, -0.15) is 0 Å². The molecule has 0 aliphatic heterocycles. The molecule has 0 saturated heterocycles. The summed E-state index contributed by atoms with van der Waals surface area (Å²) in [5.41, 5.74) is -7.96. The second-order valence-corrected chi connectivity index (χ2v) is 20.3. The maximum Gasteiger partial charge on any atom is 0.306 e. The van der Waals surface area contributed by atoms with Crippen molar-refractivity contribution in [3.63, 3.8) is 0 Å². The molecule has 0 heterocycles. The Bertz CT molecular complexity index is 2040. The second kappa shape index (κ2) is 14.5. The van der Waals surface area contributed by atoms with E-state index < -0.39 is 106 Å². The Hall–Kier alpha value is -3.65. The molecular formula is C47H59FO12. The monoisotopic (exact) mass is 834 g/mol. The number of hydrogen-bond acceptors (Lipinski definition) is 12. The van der Waals surface area contributed by atoms with E-state index in [1.807, 2.05) is 19.9 Å². The maximum atomic E-state index is 17.4. The summed E-state index contributed by atoms with van der Waals surface area (Å²) in [5.74, 6) is -4.48. The predicted molar refractivity (Wildman–Crippen MR) is 212 cm³/mol. The zero-order chi connectivity index (χ0) is 43.4. The van der Waals surface area contributed by atoms with Gasteiger partial charge in [0.25, 0.3) is 0 Å². The first-order valence-corrected chi connectivity index (χ1v) is 21.9. The van der Waals surface area contributed by atoms with E-state index in [4.69, 9.17) is 9.47 Å². The minimum atomic E-state index is -2.09. The van der Waals surface area contributed by atoms with E-state index in [0.717, 1.165) is 12.0 Å². The number of fused-ring (bicyclic) bond motifs is 10. The highest BCUT2D eigenvalue weighted by Gasteiger charge is 2.74. The van der Waals surface area contributed by atoms with E-state index in [-0.39, 0.29) is 68.0 Å². The van der Waals surface area contributed by atoms with Gasteiger partial charge in [0.05, 0.1) is 31.7 Å². The number of allylic oxidation sites excluding steroid dienone is 8. The summed E-state index contributed by atoms with van der Waals surface area (Å²) in [6, 6.07) is 0. The van der Waals surface area contributed by atoms with Crippen LogP contribution in [0, 0.1) is 51.2 Å². The van der Waals surface area contributed by atoms with Crippen LogP contribution >= 0.6 is 0 Å². The van der Waals surface area contributed by atoms with Crippen LogP contribution in [0.3, 0.4) is 0 Å². The molecule has 326 valence electrons. The number of esters is 2. The molecule has 13 heteroatoms. The van der Waals surface area contributed by atoms with Crippen molar-refractivity contribution in [1.29, 1.82) is 0 Å². The van der Waals surface area contributed by atoms with Crippen LogP contribution in [-0.2, 0) is 38.2 Å². The number of halogens is 1. The van der Waals surface area contributed by atoms with Gasteiger partial charge in [-0.3, -0.25) is 28.8 Å². The predicted octanol–water partition coefficient (Wildman–Crippen LogP) is 4.49. The summed E-state index contributed by atoms with van der Waals surface area (Å²) >= 11 is 0. The minimum Gasteiger partial charge on any atom is -0.465 e. The average Bonchev–Trinajstić information content (AvgIpc) is 3.62. The van der Waals surface area contributed by atoms with Crippen LogP contribution in [0.25, 0.3) is 0 Å². The van der Waals surface area contributed by atoms with Gasteiger partial charge < -0.3 is 29.9 Å². The molecule has 0 aromatic rings. The Labute approximate surface area is 349 Å². The number of Topliss-reactive ketones (excluding diaryl/α,β-unsaturated/α-hetero) is 2. The van der Waals surface area contributed by atoms with Gasteiger partial charge in [-0.15, -0.1) is 0 Å². The molecule has 0 spiro atoms. The molecule has 0 aromatic heterocycles. The Morgan fingerprint density at radius 1 is 0.717 bits per heavy atom. The zero-order valence-corrected chi connectivity index (χ0v) is 35.0. The number of ketones is 4. The Morgan fingerprint density at radius 3 is 2.00 bits per heavy atom. The lowest BCUT2D eigenvalue weighted by atomic mass is 9.44. The van der Waals surface area contributed by atoms with Gasteiger partial charge in [0.2, 0.25) is 5.78 Å². The van der Waals surface area contributed by atoms with Crippen molar-refractivity contribution in [2.24, 2.45) is 51.2 Å². The van der Waals surface area contributed by atoms with Crippen LogP contribution in [0.15, 0.2) is 47.6 Å². The van der Waals surface area contributed by atoms with E-state index in [1.165, 1.54) is 12.2 Å². The molecular weight excluding hydrogens is 776 g/mol. The third kappa shape index (κ3) is 5.94. The smallest absolute Gasteiger partial charge is 0.306 e. The fourth-order valence-corrected chi connectivity index (χ4v) is 14.5. The molecule has 8 rings (SSSR count). The molecule has 6 fully saturated rings. The SMILES string of the molecule is C[C@]12C=CC(=O)C=C1CC[C@@H]1[C@@H]2[C@@H](O)C[C@@]2(C)[C@H]1CC[C@]2(O)C(=O)COC(=O)CCC(=O)OCCC(=O)[C@]1(O)CC[C@@H]2[C@H]3CCC4=CC(=O)C=C[C@@]4(C)[C@]3(F)[C@H](O)C[C@]21C. The van der Waals surface area contributed by atoms with Crippen molar-refractivity contribution in [3.05, 3.63) is 47.6 Å². The van der Waals surface area contributed by atoms with Gasteiger partial charge in [0.1, 0.15) is 11.2 Å². The summed E-state index contributed by atoms with van der Waals surface area (Å²) in [7, 11) is 0.